The van der Waals surface area contributed by atoms with Gasteiger partial charge in [-0.3, -0.25) is 4.79 Å². The molecule has 0 aromatic heterocycles. The minimum absolute atomic E-state index is 0.0206. The van der Waals surface area contributed by atoms with Crippen molar-refractivity contribution in [2.24, 2.45) is 5.73 Å². The number of benzene rings is 1. The van der Waals surface area contributed by atoms with Crippen molar-refractivity contribution >= 4 is 15.9 Å². The van der Waals surface area contributed by atoms with Gasteiger partial charge < -0.3 is 15.2 Å². The van der Waals surface area contributed by atoms with Crippen molar-refractivity contribution in [3.63, 3.8) is 0 Å². The number of hydrogen-bond acceptors (Lipinski definition) is 5. The zero-order valence-corrected chi connectivity index (χ0v) is 13.6. The molecule has 0 radical (unpaired) electrons. The van der Waals surface area contributed by atoms with Crippen LogP contribution in [0.4, 0.5) is 0 Å². The molecule has 1 aromatic carbocycles. The van der Waals surface area contributed by atoms with Gasteiger partial charge in [-0.2, -0.15) is 0 Å². The van der Waals surface area contributed by atoms with Gasteiger partial charge in [0.05, 0.1) is 18.1 Å². The minimum atomic E-state index is -3.67. The SMILES string of the molecule is COCCOCCCNS(=O)(=O)c1ccc(C)c(C(N)=O)c1. The Kier molecular flexibility index (Phi) is 7.46. The van der Waals surface area contributed by atoms with Crippen LogP contribution in [0.5, 0.6) is 0 Å². The number of amides is 1. The molecule has 1 amide bonds. The Balaban J connectivity index is 2.56. The number of nitrogens with two attached hydrogens (primary N) is 1. The lowest BCUT2D eigenvalue weighted by molar-refractivity contribution is 0.0699. The maximum atomic E-state index is 12.1. The Morgan fingerprint density at radius 1 is 1.27 bits per heavy atom. The third-order valence-electron chi connectivity index (χ3n) is 2.97. The zero-order valence-electron chi connectivity index (χ0n) is 12.8. The molecule has 0 spiro atoms. The van der Waals surface area contributed by atoms with Crippen molar-refractivity contribution in [2.45, 2.75) is 18.2 Å². The van der Waals surface area contributed by atoms with Gasteiger partial charge in [0.2, 0.25) is 15.9 Å². The number of aryl methyl sites for hydroxylation is 1. The molecule has 0 unspecified atom stereocenters. The summed E-state index contributed by atoms with van der Waals surface area (Å²) in [6.07, 6.45) is 0.539. The lowest BCUT2D eigenvalue weighted by atomic mass is 10.1. The van der Waals surface area contributed by atoms with Gasteiger partial charge in [0.15, 0.2) is 0 Å². The Morgan fingerprint density at radius 2 is 2.00 bits per heavy atom. The van der Waals surface area contributed by atoms with E-state index in [9.17, 15) is 13.2 Å². The van der Waals surface area contributed by atoms with Crippen LogP contribution >= 0.6 is 0 Å². The van der Waals surface area contributed by atoms with Gasteiger partial charge in [-0.15, -0.1) is 0 Å². The van der Waals surface area contributed by atoms with E-state index in [-0.39, 0.29) is 17.0 Å². The van der Waals surface area contributed by atoms with E-state index < -0.39 is 15.9 Å². The molecule has 3 N–H and O–H groups in total. The first-order chi connectivity index (χ1) is 10.4. The van der Waals surface area contributed by atoms with Crippen LogP contribution in [0.3, 0.4) is 0 Å². The fourth-order valence-corrected chi connectivity index (χ4v) is 2.84. The molecule has 0 aliphatic carbocycles. The van der Waals surface area contributed by atoms with Crippen LogP contribution in [0.25, 0.3) is 0 Å². The molecule has 7 nitrogen and oxygen atoms in total. The molecule has 0 bridgehead atoms. The highest BCUT2D eigenvalue weighted by atomic mass is 32.2. The third-order valence-corrected chi connectivity index (χ3v) is 4.43. The molecule has 0 fully saturated rings. The number of primary amides is 1. The second-order valence-corrected chi connectivity index (χ2v) is 6.46. The van der Waals surface area contributed by atoms with Gasteiger partial charge in [-0.25, -0.2) is 13.1 Å². The lowest BCUT2D eigenvalue weighted by Crippen LogP contribution is -2.26. The summed E-state index contributed by atoms with van der Waals surface area (Å²) in [4.78, 5) is 11.3. The molecule has 0 heterocycles. The second kappa shape index (κ2) is 8.84. The van der Waals surface area contributed by atoms with Crippen LogP contribution in [0.1, 0.15) is 22.3 Å². The van der Waals surface area contributed by atoms with Gasteiger partial charge in [0.25, 0.3) is 0 Å². The summed E-state index contributed by atoms with van der Waals surface area (Å²) >= 11 is 0. The molecular formula is C14H22N2O5S. The van der Waals surface area contributed by atoms with Crippen LogP contribution in [0.15, 0.2) is 23.1 Å². The molecule has 0 saturated heterocycles. The van der Waals surface area contributed by atoms with E-state index in [1.54, 1.807) is 20.1 Å². The monoisotopic (exact) mass is 330 g/mol. The third kappa shape index (κ3) is 5.72. The highest BCUT2D eigenvalue weighted by molar-refractivity contribution is 7.89. The first kappa shape index (κ1) is 18.6. The Labute approximate surface area is 130 Å². The second-order valence-electron chi connectivity index (χ2n) is 4.70. The smallest absolute Gasteiger partial charge is 0.249 e. The number of rotatable bonds is 10. The summed E-state index contributed by atoms with van der Waals surface area (Å²) in [6, 6.07) is 4.29. The van der Waals surface area contributed by atoms with Gasteiger partial charge in [0, 0.05) is 25.8 Å². The predicted molar refractivity (Wildman–Crippen MR) is 82.2 cm³/mol. The van der Waals surface area contributed by atoms with Crippen molar-refractivity contribution in [3.05, 3.63) is 29.3 Å². The van der Waals surface area contributed by atoms with E-state index in [0.29, 0.717) is 31.8 Å². The number of sulfonamides is 1. The Morgan fingerprint density at radius 3 is 2.64 bits per heavy atom. The number of carbonyl (C=O) groups is 1. The van der Waals surface area contributed by atoms with Crippen LogP contribution in [0, 0.1) is 6.92 Å². The average Bonchev–Trinajstić information content (AvgIpc) is 2.46. The molecule has 0 atom stereocenters. The largest absolute Gasteiger partial charge is 0.382 e. The van der Waals surface area contributed by atoms with Crippen LogP contribution in [-0.4, -0.2) is 47.8 Å². The fraction of sp³-hybridized carbons (Fsp3) is 0.500. The molecule has 0 aliphatic heterocycles. The summed E-state index contributed by atoms with van der Waals surface area (Å²) in [5, 5.41) is 0. The van der Waals surface area contributed by atoms with Crippen molar-refractivity contribution < 1.29 is 22.7 Å². The minimum Gasteiger partial charge on any atom is -0.382 e. The quantitative estimate of drug-likeness (QED) is 0.605. The van der Waals surface area contributed by atoms with Crippen LogP contribution in [-0.2, 0) is 19.5 Å². The molecule has 1 rings (SSSR count). The average molecular weight is 330 g/mol. The maximum absolute atomic E-state index is 12.1. The van der Waals surface area contributed by atoms with E-state index >= 15 is 0 Å². The first-order valence-electron chi connectivity index (χ1n) is 6.85. The Bertz CT molecular complexity index is 601. The molecule has 0 aliphatic rings. The van der Waals surface area contributed by atoms with Crippen molar-refractivity contribution in [3.8, 4) is 0 Å². The van der Waals surface area contributed by atoms with Gasteiger partial charge >= 0.3 is 0 Å². The number of carbonyl (C=O) groups excluding carboxylic acids is 1. The molecule has 8 heteroatoms. The molecule has 124 valence electrons. The van der Waals surface area contributed by atoms with Crippen molar-refractivity contribution in [1.82, 2.24) is 4.72 Å². The lowest BCUT2D eigenvalue weighted by Gasteiger charge is -2.09. The first-order valence-corrected chi connectivity index (χ1v) is 8.33. The number of hydrogen-bond donors (Lipinski definition) is 2. The van der Waals surface area contributed by atoms with Crippen LogP contribution < -0.4 is 10.5 Å². The summed E-state index contributed by atoms with van der Waals surface area (Å²) in [6.45, 7) is 3.36. The molecular weight excluding hydrogens is 308 g/mol. The Hall–Kier alpha value is -1.48. The van der Waals surface area contributed by atoms with Crippen molar-refractivity contribution in [2.75, 3.05) is 33.5 Å². The summed E-state index contributed by atoms with van der Waals surface area (Å²) in [5.74, 6) is -0.652. The van der Waals surface area contributed by atoms with Crippen molar-refractivity contribution in [1.29, 1.82) is 0 Å². The van der Waals surface area contributed by atoms with Crippen LogP contribution in [0.2, 0.25) is 0 Å². The highest BCUT2D eigenvalue weighted by Crippen LogP contribution is 2.15. The van der Waals surface area contributed by atoms with E-state index in [4.69, 9.17) is 15.2 Å². The predicted octanol–water partition coefficient (Wildman–Crippen LogP) is 0.425. The number of nitrogens with one attached hydrogen (secondary N) is 1. The topological polar surface area (TPSA) is 108 Å². The van der Waals surface area contributed by atoms with Gasteiger partial charge in [-0.1, -0.05) is 6.07 Å². The fourth-order valence-electron chi connectivity index (χ4n) is 1.74. The normalized spacial score (nSPS) is 11.5. The zero-order chi connectivity index (χ0) is 16.6. The summed E-state index contributed by atoms with van der Waals surface area (Å²) < 4.78 is 36.8. The molecule has 22 heavy (non-hydrogen) atoms. The van der Waals surface area contributed by atoms with Gasteiger partial charge in [0.1, 0.15) is 0 Å². The number of ether oxygens (including phenoxy) is 2. The maximum Gasteiger partial charge on any atom is 0.249 e. The summed E-state index contributed by atoms with van der Waals surface area (Å²) in [5.41, 5.74) is 6.06. The van der Waals surface area contributed by atoms with E-state index in [2.05, 4.69) is 4.72 Å². The number of methoxy groups -OCH3 is 1. The summed E-state index contributed by atoms with van der Waals surface area (Å²) in [7, 11) is -2.09. The molecule has 1 aromatic rings. The standard InChI is InChI=1S/C14H22N2O5S/c1-11-4-5-12(10-13(11)14(15)17)22(18,19)16-6-3-7-21-9-8-20-2/h4-5,10,16H,3,6-9H2,1-2H3,(H2,15,17). The van der Waals surface area contributed by atoms with E-state index in [1.165, 1.54) is 12.1 Å². The van der Waals surface area contributed by atoms with E-state index in [1.807, 2.05) is 0 Å². The van der Waals surface area contributed by atoms with E-state index in [0.717, 1.165) is 0 Å². The molecule has 0 saturated carbocycles. The highest BCUT2D eigenvalue weighted by Gasteiger charge is 2.16. The van der Waals surface area contributed by atoms with Gasteiger partial charge in [-0.05, 0) is 31.0 Å².